The first-order chi connectivity index (χ1) is 12.5. The lowest BCUT2D eigenvalue weighted by atomic mass is 10.1. The number of aryl methyl sites for hydroxylation is 2. The van der Waals surface area contributed by atoms with Crippen molar-refractivity contribution in [1.29, 1.82) is 0 Å². The van der Waals surface area contributed by atoms with Crippen molar-refractivity contribution in [1.82, 2.24) is 14.0 Å². The van der Waals surface area contributed by atoms with Gasteiger partial charge in [-0.2, -0.15) is 0 Å². The molecule has 3 aromatic rings. The molecule has 0 aliphatic heterocycles. The summed E-state index contributed by atoms with van der Waals surface area (Å²) in [4.78, 5) is 27.0. The normalized spacial score (nSPS) is 11.0. The van der Waals surface area contributed by atoms with E-state index in [1.54, 1.807) is 21.1 Å². The molecule has 0 unspecified atom stereocenters. The van der Waals surface area contributed by atoms with E-state index >= 15 is 0 Å². The molecule has 1 amide bonds. The van der Waals surface area contributed by atoms with Crippen LogP contribution in [0.3, 0.4) is 0 Å². The summed E-state index contributed by atoms with van der Waals surface area (Å²) in [5.74, 6) is -0.0781. The fourth-order valence-corrected chi connectivity index (χ4v) is 3.23. The second kappa shape index (κ2) is 7.60. The number of hydrogen-bond donors (Lipinski definition) is 0. The van der Waals surface area contributed by atoms with Gasteiger partial charge in [-0.3, -0.25) is 13.9 Å². The number of amides is 1. The molecule has 0 atom stereocenters. The summed E-state index contributed by atoms with van der Waals surface area (Å²) < 4.78 is 3.27. The number of hydrogen-bond acceptors (Lipinski definition) is 2. The highest BCUT2D eigenvalue weighted by molar-refractivity contribution is 5.80. The lowest BCUT2D eigenvalue weighted by molar-refractivity contribution is -0.131. The third kappa shape index (κ3) is 3.43. The minimum absolute atomic E-state index is 0.0515. The van der Waals surface area contributed by atoms with E-state index in [4.69, 9.17) is 0 Å². The van der Waals surface area contributed by atoms with Gasteiger partial charge in [-0.1, -0.05) is 43.3 Å². The lowest BCUT2D eigenvalue weighted by Gasteiger charge is -2.18. The zero-order valence-corrected chi connectivity index (χ0v) is 15.6. The Kier molecular flexibility index (Phi) is 5.26. The fraction of sp³-hybridized carbons (Fsp3) is 0.333. The molecule has 0 spiro atoms. The first kappa shape index (κ1) is 18.0. The van der Waals surface area contributed by atoms with E-state index < -0.39 is 0 Å². The minimum Gasteiger partial charge on any atom is -0.340 e. The average molecular weight is 351 g/mol. The standard InChI is InChI=1S/C21H25N3O2/c1-4-16-10-12-17(13-11-16)14-22(3)20(25)15-24-19-9-7-6-8-18(19)23(5-2)21(24)26/h6-13H,4-5,14-15H2,1-3H3. The van der Waals surface area contributed by atoms with Crippen molar-refractivity contribution < 1.29 is 4.79 Å². The van der Waals surface area contributed by atoms with E-state index in [0.717, 1.165) is 23.0 Å². The first-order valence-corrected chi connectivity index (χ1v) is 9.05. The molecule has 2 aromatic carbocycles. The van der Waals surface area contributed by atoms with Crippen molar-refractivity contribution in [3.05, 3.63) is 70.1 Å². The predicted octanol–water partition coefficient (Wildman–Crippen LogP) is 3.04. The third-order valence-electron chi connectivity index (χ3n) is 4.81. The summed E-state index contributed by atoms with van der Waals surface area (Å²) >= 11 is 0. The number of imidazole rings is 1. The summed E-state index contributed by atoms with van der Waals surface area (Å²) in [6.07, 6.45) is 0.999. The molecule has 0 radical (unpaired) electrons. The molecule has 0 aliphatic carbocycles. The Labute approximate surface area is 153 Å². The van der Waals surface area contributed by atoms with E-state index in [9.17, 15) is 9.59 Å². The molecule has 0 aliphatic rings. The number of carbonyl (C=O) groups excluding carboxylic acids is 1. The Bertz CT molecular complexity index is 967. The quantitative estimate of drug-likeness (QED) is 0.685. The molecule has 0 bridgehead atoms. The largest absolute Gasteiger partial charge is 0.340 e. The van der Waals surface area contributed by atoms with Crippen LogP contribution in [0.1, 0.15) is 25.0 Å². The highest BCUT2D eigenvalue weighted by atomic mass is 16.2. The first-order valence-electron chi connectivity index (χ1n) is 9.05. The number of aromatic nitrogens is 2. The maximum Gasteiger partial charge on any atom is 0.329 e. The van der Waals surface area contributed by atoms with Gasteiger partial charge in [0, 0.05) is 20.1 Å². The second-order valence-electron chi connectivity index (χ2n) is 6.52. The van der Waals surface area contributed by atoms with Gasteiger partial charge in [-0.25, -0.2) is 4.79 Å². The van der Waals surface area contributed by atoms with Gasteiger partial charge in [0.15, 0.2) is 0 Å². The van der Waals surface area contributed by atoms with Crippen molar-refractivity contribution in [2.45, 2.75) is 39.9 Å². The van der Waals surface area contributed by atoms with Gasteiger partial charge < -0.3 is 4.90 Å². The van der Waals surface area contributed by atoms with Gasteiger partial charge in [-0.05, 0) is 36.6 Å². The van der Waals surface area contributed by atoms with Crippen LogP contribution in [0.25, 0.3) is 11.0 Å². The van der Waals surface area contributed by atoms with Crippen molar-refractivity contribution in [3.63, 3.8) is 0 Å². The third-order valence-corrected chi connectivity index (χ3v) is 4.81. The molecule has 26 heavy (non-hydrogen) atoms. The van der Waals surface area contributed by atoms with Crippen molar-refractivity contribution in [3.8, 4) is 0 Å². The maximum atomic E-state index is 12.7. The predicted molar refractivity (Wildman–Crippen MR) is 104 cm³/mol. The molecule has 0 fully saturated rings. The van der Waals surface area contributed by atoms with Crippen LogP contribution < -0.4 is 5.69 Å². The van der Waals surface area contributed by atoms with E-state index in [2.05, 4.69) is 31.2 Å². The molecule has 5 heteroatoms. The van der Waals surface area contributed by atoms with E-state index in [1.807, 2.05) is 31.2 Å². The zero-order chi connectivity index (χ0) is 18.7. The molecule has 0 N–H and O–H groups in total. The number of nitrogens with zero attached hydrogens (tertiary/aromatic N) is 3. The highest BCUT2D eigenvalue weighted by Gasteiger charge is 2.16. The van der Waals surface area contributed by atoms with Crippen LogP contribution in [-0.2, 0) is 30.8 Å². The molecule has 5 nitrogen and oxygen atoms in total. The Morgan fingerprint density at radius 1 is 0.923 bits per heavy atom. The van der Waals surface area contributed by atoms with E-state index in [-0.39, 0.29) is 18.1 Å². The Morgan fingerprint density at radius 3 is 2.08 bits per heavy atom. The summed E-state index contributed by atoms with van der Waals surface area (Å²) in [5.41, 5.74) is 3.89. The van der Waals surface area contributed by atoms with Crippen LogP contribution in [0.4, 0.5) is 0 Å². The summed E-state index contributed by atoms with van der Waals surface area (Å²) in [7, 11) is 1.78. The Morgan fingerprint density at radius 2 is 1.50 bits per heavy atom. The van der Waals surface area contributed by atoms with Crippen LogP contribution in [-0.4, -0.2) is 27.0 Å². The van der Waals surface area contributed by atoms with E-state index in [1.165, 1.54) is 5.56 Å². The van der Waals surface area contributed by atoms with Crippen LogP contribution in [0.2, 0.25) is 0 Å². The Hall–Kier alpha value is -2.82. The van der Waals surface area contributed by atoms with Gasteiger partial charge in [0.2, 0.25) is 5.91 Å². The lowest BCUT2D eigenvalue weighted by Crippen LogP contribution is -2.34. The van der Waals surface area contributed by atoms with Gasteiger partial charge in [0.25, 0.3) is 0 Å². The van der Waals surface area contributed by atoms with Gasteiger partial charge in [0.1, 0.15) is 6.54 Å². The van der Waals surface area contributed by atoms with Crippen LogP contribution >= 0.6 is 0 Å². The summed E-state index contributed by atoms with van der Waals surface area (Å²) in [6.45, 7) is 5.22. The summed E-state index contributed by atoms with van der Waals surface area (Å²) in [6, 6.07) is 15.9. The molecule has 3 rings (SSSR count). The molecule has 136 valence electrons. The number of carbonyl (C=O) groups is 1. The molecule has 0 saturated heterocycles. The van der Waals surface area contributed by atoms with Crippen LogP contribution in [0.15, 0.2) is 53.3 Å². The van der Waals surface area contributed by atoms with Gasteiger partial charge in [0.05, 0.1) is 11.0 Å². The monoisotopic (exact) mass is 351 g/mol. The van der Waals surface area contributed by atoms with Crippen molar-refractivity contribution in [2.75, 3.05) is 7.05 Å². The Balaban J connectivity index is 1.80. The van der Waals surface area contributed by atoms with Gasteiger partial charge in [-0.15, -0.1) is 0 Å². The van der Waals surface area contributed by atoms with Crippen molar-refractivity contribution in [2.24, 2.45) is 0 Å². The maximum absolute atomic E-state index is 12.7. The average Bonchev–Trinajstić information content (AvgIpc) is 2.93. The van der Waals surface area contributed by atoms with Crippen molar-refractivity contribution >= 4 is 16.9 Å². The molecule has 1 aromatic heterocycles. The molecule has 0 saturated carbocycles. The fourth-order valence-electron chi connectivity index (χ4n) is 3.23. The second-order valence-corrected chi connectivity index (χ2v) is 6.52. The van der Waals surface area contributed by atoms with E-state index in [0.29, 0.717) is 13.1 Å². The highest BCUT2D eigenvalue weighted by Crippen LogP contribution is 2.13. The smallest absolute Gasteiger partial charge is 0.329 e. The van der Waals surface area contributed by atoms with Gasteiger partial charge >= 0.3 is 5.69 Å². The van der Waals surface area contributed by atoms with Crippen LogP contribution in [0.5, 0.6) is 0 Å². The zero-order valence-electron chi connectivity index (χ0n) is 15.6. The summed E-state index contributed by atoms with van der Waals surface area (Å²) in [5, 5.41) is 0. The number of fused-ring (bicyclic) bond motifs is 1. The molecule has 1 heterocycles. The van der Waals surface area contributed by atoms with Crippen LogP contribution in [0, 0.1) is 0 Å². The minimum atomic E-state index is -0.136. The number of rotatable bonds is 6. The topological polar surface area (TPSA) is 47.2 Å². The number of likely N-dealkylation sites (N-methyl/N-ethyl adjacent to an activating group) is 1. The number of benzene rings is 2. The molecular weight excluding hydrogens is 326 g/mol. The number of para-hydroxylation sites is 2. The SMILES string of the molecule is CCc1ccc(CN(C)C(=O)Cn2c(=O)n(CC)c3ccccc32)cc1. The molecular formula is C21H25N3O2.